The van der Waals surface area contributed by atoms with Crippen molar-refractivity contribution in [2.75, 3.05) is 13.6 Å². The van der Waals surface area contributed by atoms with Crippen molar-refractivity contribution in [2.45, 2.75) is 70.9 Å². The lowest BCUT2D eigenvalue weighted by atomic mass is 9.68. The van der Waals surface area contributed by atoms with Crippen LogP contribution >= 0.6 is 0 Å². The van der Waals surface area contributed by atoms with Crippen LogP contribution in [0.1, 0.15) is 58.8 Å². The molecular weight excluding hydrogens is 208 g/mol. The van der Waals surface area contributed by atoms with E-state index in [1.54, 1.807) is 0 Å². The second kappa shape index (κ2) is 5.27. The Morgan fingerprint density at radius 2 is 1.76 bits per heavy atom. The number of hydrogen-bond donors (Lipinski definition) is 1. The standard InChI is InChI=1S/C15H30N2/c1-15(2)10-6-7-12(14(15)16)11-17(3)13-8-4-5-9-13/h12-14H,4-11,16H2,1-3H3. The molecule has 2 saturated carbocycles. The van der Waals surface area contributed by atoms with Crippen molar-refractivity contribution in [1.82, 2.24) is 4.90 Å². The van der Waals surface area contributed by atoms with E-state index in [0.717, 1.165) is 6.04 Å². The van der Waals surface area contributed by atoms with E-state index in [1.165, 1.54) is 51.5 Å². The second-order valence-corrected chi connectivity index (χ2v) is 7.04. The predicted molar refractivity (Wildman–Crippen MR) is 74.0 cm³/mol. The zero-order valence-corrected chi connectivity index (χ0v) is 11.9. The summed E-state index contributed by atoms with van der Waals surface area (Å²) in [5, 5.41) is 0. The molecule has 2 rings (SSSR count). The van der Waals surface area contributed by atoms with Gasteiger partial charge in [0.25, 0.3) is 0 Å². The topological polar surface area (TPSA) is 29.3 Å². The van der Waals surface area contributed by atoms with E-state index in [-0.39, 0.29) is 0 Å². The molecule has 0 aliphatic heterocycles. The first-order valence-corrected chi connectivity index (χ1v) is 7.46. The molecule has 0 saturated heterocycles. The van der Waals surface area contributed by atoms with Crippen molar-refractivity contribution in [2.24, 2.45) is 17.1 Å². The zero-order valence-electron chi connectivity index (χ0n) is 11.9. The summed E-state index contributed by atoms with van der Waals surface area (Å²) in [7, 11) is 2.31. The van der Waals surface area contributed by atoms with Crippen molar-refractivity contribution in [3.63, 3.8) is 0 Å². The Balaban J connectivity index is 1.89. The number of rotatable bonds is 3. The monoisotopic (exact) mass is 238 g/mol. The molecule has 2 heteroatoms. The lowest BCUT2D eigenvalue weighted by molar-refractivity contribution is 0.0969. The van der Waals surface area contributed by atoms with Gasteiger partial charge < -0.3 is 10.6 Å². The molecule has 2 unspecified atom stereocenters. The Hall–Kier alpha value is -0.0800. The first kappa shape index (κ1) is 13.4. The normalized spacial score (nSPS) is 34.4. The average molecular weight is 238 g/mol. The molecule has 2 atom stereocenters. The van der Waals surface area contributed by atoms with Gasteiger partial charge in [0, 0.05) is 18.6 Å². The van der Waals surface area contributed by atoms with Gasteiger partial charge in [0.2, 0.25) is 0 Å². The number of hydrogen-bond acceptors (Lipinski definition) is 2. The highest BCUT2D eigenvalue weighted by atomic mass is 15.1. The van der Waals surface area contributed by atoms with Gasteiger partial charge in [-0.2, -0.15) is 0 Å². The van der Waals surface area contributed by atoms with E-state index in [0.29, 0.717) is 17.4 Å². The van der Waals surface area contributed by atoms with E-state index in [2.05, 4.69) is 25.8 Å². The summed E-state index contributed by atoms with van der Waals surface area (Å²) in [6.45, 7) is 5.91. The van der Waals surface area contributed by atoms with Crippen LogP contribution in [0.5, 0.6) is 0 Å². The van der Waals surface area contributed by atoms with Crippen molar-refractivity contribution in [1.29, 1.82) is 0 Å². The molecule has 2 aliphatic carbocycles. The highest BCUT2D eigenvalue weighted by Gasteiger charge is 2.37. The minimum Gasteiger partial charge on any atom is -0.327 e. The molecule has 0 aromatic carbocycles. The second-order valence-electron chi connectivity index (χ2n) is 7.04. The van der Waals surface area contributed by atoms with Crippen molar-refractivity contribution < 1.29 is 0 Å². The number of nitrogens with two attached hydrogens (primary N) is 1. The third-order valence-corrected chi connectivity index (χ3v) is 5.28. The zero-order chi connectivity index (χ0) is 12.5. The van der Waals surface area contributed by atoms with Crippen LogP contribution in [0.25, 0.3) is 0 Å². The Bertz CT molecular complexity index is 243. The largest absolute Gasteiger partial charge is 0.327 e. The Morgan fingerprint density at radius 1 is 1.12 bits per heavy atom. The molecule has 0 heterocycles. The van der Waals surface area contributed by atoms with E-state index in [1.807, 2.05) is 0 Å². The van der Waals surface area contributed by atoms with Crippen LogP contribution in [0.15, 0.2) is 0 Å². The summed E-state index contributed by atoms with van der Waals surface area (Å²) < 4.78 is 0. The molecule has 2 aliphatic rings. The van der Waals surface area contributed by atoms with Crippen molar-refractivity contribution >= 4 is 0 Å². The molecule has 0 amide bonds. The average Bonchev–Trinajstić information content (AvgIpc) is 2.78. The molecule has 100 valence electrons. The van der Waals surface area contributed by atoms with E-state index in [4.69, 9.17) is 5.73 Å². The summed E-state index contributed by atoms with van der Waals surface area (Å²) in [4.78, 5) is 2.60. The summed E-state index contributed by atoms with van der Waals surface area (Å²) in [6.07, 6.45) is 9.67. The fourth-order valence-electron chi connectivity index (χ4n) is 3.87. The van der Waals surface area contributed by atoms with Gasteiger partial charge in [0.15, 0.2) is 0 Å². The van der Waals surface area contributed by atoms with E-state index >= 15 is 0 Å². The molecule has 0 spiro atoms. The maximum absolute atomic E-state index is 6.48. The van der Waals surface area contributed by atoms with Crippen molar-refractivity contribution in [3.8, 4) is 0 Å². The van der Waals surface area contributed by atoms with E-state index < -0.39 is 0 Å². The Morgan fingerprint density at radius 3 is 2.41 bits per heavy atom. The minimum atomic E-state index is 0.347. The summed E-state index contributed by atoms with van der Waals surface area (Å²) in [5.41, 5.74) is 6.82. The van der Waals surface area contributed by atoms with Gasteiger partial charge >= 0.3 is 0 Å². The van der Waals surface area contributed by atoms with Gasteiger partial charge in [0.1, 0.15) is 0 Å². The van der Waals surface area contributed by atoms with Gasteiger partial charge in [-0.25, -0.2) is 0 Å². The fraction of sp³-hybridized carbons (Fsp3) is 1.00. The molecule has 2 N–H and O–H groups in total. The third-order valence-electron chi connectivity index (χ3n) is 5.28. The first-order valence-electron chi connectivity index (χ1n) is 7.46. The van der Waals surface area contributed by atoms with E-state index in [9.17, 15) is 0 Å². The lowest BCUT2D eigenvalue weighted by Gasteiger charge is -2.44. The Kier molecular flexibility index (Phi) is 4.14. The van der Waals surface area contributed by atoms with Gasteiger partial charge in [-0.05, 0) is 44.1 Å². The van der Waals surface area contributed by atoms with Crippen LogP contribution in [0, 0.1) is 11.3 Å². The smallest absolute Gasteiger partial charge is 0.0131 e. The lowest BCUT2D eigenvalue weighted by Crippen LogP contribution is -2.50. The third kappa shape index (κ3) is 3.03. The molecule has 0 bridgehead atoms. The molecule has 2 nitrogen and oxygen atoms in total. The SMILES string of the molecule is CN(CC1CCCC(C)(C)C1N)C1CCCC1. The first-order chi connectivity index (χ1) is 8.00. The van der Waals surface area contributed by atoms with Crippen molar-refractivity contribution in [3.05, 3.63) is 0 Å². The molecule has 0 aromatic heterocycles. The van der Waals surface area contributed by atoms with Gasteiger partial charge in [0.05, 0.1) is 0 Å². The van der Waals surface area contributed by atoms with Crippen LogP contribution in [-0.2, 0) is 0 Å². The van der Waals surface area contributed by atoms with Crippen LogP contribution in [0.4, 0.5) is 0 Å². The molecule has 17 heavy (non-hydrogen) atoms. The molecule has 0 aromatic rings. The Labute approximate surface area is 107 Å². The fourth-order valence-corrected chi connectivity index (χ4v) is 3.87. The van der Waals surface area contributed by atoms with Gasteiger partial charge in [-0.15, -0.1) is 0 Å². The summed E-state index contributed by atoms with van der Waals surface area (Å²) in [6, 6.07) is 1.23. The number of nitrogens with zero attached hydrogens (tertiary/aromatic N) is 1. The van der Waals surface area contributed by atoms with Crippen LogP contribution in [-0.4, -0.2) is 30.6 Å². The van der Waals surface area contributed by atoms with Crippen LogP contribution in [0.2, 0.25) is 0 Å². The molecule has 2 fully saturated rings. The van der Waals surface area contributed by atoms with Gasteiger partial charge in [-0.3, -0.25) is 0 Å². The van der Waals surface area contributed by atoms with Crippen LogP contribution in [0.3, 0.4) is 0 Å². The maximum atomic E-state index is 6.48. The predicted octanol–water partition coefficient (Wildman–Crippen LogP) is 3.01. The highest BCUT2D eigenvalue weighted by molar-refractivity contribution is 4.92. The maximum Gasteiger partial charge on any atom is 0.0131 e. The molecule has 0 radical (unpaired) electrons. The molecular formula is C15H30N2. The van der Waals surface area contributed by atoms with Crippen LogP contribution < -0.4 is 5.73 Å². The van der Waals surface area contributed by atoms with Gasteiger partial charge in [-0.1, -0.05) is 33.1 Å². The summed E-state index contributed by atoms with van der Waals surface area (Å²) >= 11 is 0. The minimum absolute atomic E-state index is 0.347. The summed E-state index contributed by atoms with van der Waals surface area (Å²) in [5.74, 6) is 0.712. The quantitative estimate of drug-likeness (QED) is 0.819. The highest BCUT2D eigenvalue weighted by Crippen LogP contribution is 2.38.